The predicted octanol–water partition coefficient (Wildman–Crippen LogP) is 0.699. The summed E-state index contributed by atoms with van der Waals surface area (Å²) in [5.74, 6) is -1.97. The number of rotatable bonds is 5. The molecule has 1 aliphatic carbocycles. The van der Waals surface area contributed by atoms with Gasteiger partial charge in [0.05, 0.1) is 10.8 Å². The Morgan fingerprint density at radius 1 is 1.26 bits per heavy atom. The SMILES string of the molecule is O=C(COC(=O)C1CCC1)NNC(=O)c1cccc([N+](=O)[O-])c1. The van der Waals surface area contributed by atoms with Crippen LogP contribution in [0.5, 0.6) is 0 Å². The van der Waals surface area contributed by atoms with E-state index in [0.29, 0.717) is 0 Å². The van der Waals surface area contributed by atoms with E-state index in [2.05, 4.69) is 10.9 Å². The lowest BCUT2D eigenvalue weighted by molar-refractivity contribution is -0.384. The van der Waals surface area contributed by atoms with Crippen LogP contribution in [-0.4, -0.2) is 29.3 Å². The van der Waals surface area contributed by atoms with E-state index in [-0.39, 0.29) is 17.2 Å². The van der Waals surface area contributed by atoms with Gasteiger partial charge in [-0.15, -0.1) is 0 Å². The maximum absolute atomic E-state index is 11.8. The zero-order valence-corrected chi connectivity index (χ0v) is 12.1. The van der Waals surface area contributed by atoms with Crippen LogP contribution in [0.3, 0.4) is 0 Å². The molecule has 2 amide bonds. The van der Waals surface area contributed by atoms with Gasteiger partial charge in [0.1, 0.15) is 0 Å². The molecule has 1 aromatic rings. The van der Waals surface area contributed by atoms with Crippen molar-refractivity contribution in [2.45, 2.75) is 19.3 Å². The zero-order chi connectivity index (χ0) is 16.8. The minimum Gasteiger partial charge on any atom is -0.455 e. The van der Waals surface area contributed by atoms with Crippen LogP contribution in [0.15, 0.2) is 24.3 Å². The molecule has 9 heteroatoms. The van der Waals surface area contributed by atoms with Gasteiger partial charge < -0.3 is 4.74 Å². The number of nitro benzene ring substituents is 1. The van der Waals surface area contributed by atoms with Crippen LogP contribution in [0.1, 0.15) is 29.6 Å². The van der Waals surface area contributed by atoms with Gasteiger partial charge in [0.15, 0.2) is 6.61 Å². The fourth-order valence-electron chi connectivity index (χ4n) is 1.89. The fourth-order valence-corrected chi connectivity index (χ4v) is 1.89. The lowest BCUT2D eigenvalue weighted by Crippen LogP contribution is -2.44. The van der Waals surface area contributed by atoms with Crippen LogP contribution in [0, 0.1) is 16.0 Å². The Morgan fingerprint density at radius 3 is 2.61 bits per heavy atom. The second kappa shape index (κ2) is 7.34. The number of nitrogens with zero attached hydrogens (tertiary/aromatic N) is 1. The standard InChI is InChI=1S/C14H15N3O6/c18-12(8-23-14(20)9-3-1-4-9)15-16-13(19)10-5-2-6-11(7-10)17(21)22/h2,5-7,9H,1,3-4,8H2,(H,15,18)(H,16,19). The molecule has 0 unspecified atom stereocenters. The van der Waals surface area contributed by atoms with Crippen molar-refractivity contribution < 1.29 is 24.0 Å². The molecule has 0 aliphatic heterocycles. The molecule has 1 aliphatic rings. The van der Waals surface area contributed by atoms with Gasteiger partial charge in [0.2, 0.25) is 0 Å². The highest BCUT2D eigenvalue weighted by Crippen LogP contribution is 2.27. The van der Waals surface area contributed by atoms with E-state index in [4.69, 9.17) is 4.74 Å². The lowest BCUT2D eigenvalue weighted by atomic mass is 9.86. The number of esters is 1. The number of ether oxygens (including phenoxy) is 1. The first-order valence-corrected chi connectivity index (χ1v) is 6.97. The van der Waals surface area contributed by atoms with Crippen molar-refractivity contribution in [2.24, 2.45) is 5.92 Å². The van der Waals surface area contributed by atoms with E-state index in [1.165, 1.54) is 18.2 Å². The third-order valence-electron chi connectivity index (χ3n) is 3.42. The third-order valence-corrected chi connectivity index (χ3v) is 3.42. The van der Waals surface area contributed by atoms with E-state index >= 15 is 0 Å². The molecule has 1 fully saturated rings. The Labute approximate surface area is 131 Å². The molecule has 23 heavy (non-hydrogen) atoms. The zero-order valence-electron chi connectivity index (χ0n) is 12.1. The Hall–Kier alpha value is -2.97. The van der Waals surface area contributed by atoms with Crippen molar-refractivity contribution in [3.8, 4) is 0 Å². The molecule has 2 N–H and O–H groups in total. The maximum Gasteiger partial charge on any atom is 0.309 e. The summed E-state index contributed by atoms with van der Waals surface area (Å²) in [5, 5.41) is 10.6. The number of hydrogen-bond acceptors (Lipinski definition) is 6. The monoisotopic (exact) mass is 321 g/mol. The predicted molar refractivity (Wildman–Crippen MR) is 77.0 cm³/mol. The summed E-state index contributed by atoms with van der Waals surface area (Å²) >= 11 is 0. The first kappa shape index (κ1) is 16.4. The van der Waals surface area contributed by atoms with E-state index in [9.17, 15) is 24.5 Å². The molecule has 0 spiro atoms. The van der Waals surface area contributed by atoms with Crippen molar-refractivity contribution in [1.29, 1.82) is 0 Å². The number of hydrazine groups is 1. The topological polar surface area (TPSA) is 128 Å². The molecule has 1 saturated carbocycles. The number of amides is 2. The van der Waals surface area contributed by atoms with Crippen LogP contribution >= 0.6 is 0 Å². The van der Waals surface area contributed by atoms with E-state index in [0.717, 1.165) is 25.3 Å². The number of carbonyl (C=O) groups is 3. The third kappa shape index (κ3) is 4.50. The van der Waals surface area contributed by atoms with Crippen molar-refractivity contribution in [3.63, 3.8) is 0 Å². The molecule has 0 saturated heterocycles. The van der Waals surface area contributed by atoms with E-state index < -0.39 is 29.3 Å². The van der Waals surface area contributed by atoms with Crippen LogP contribution in [0.4, 0.5) is 5.69 Å². The van der Waals surface area contributed by atoms with Crippen molar-refractivity contribution >= 4 is 23.5 Å². The number of non-ortho nitro benzene ring substituents is 1. The molecule has 0 bridgehead atoms. The molecule has 2 rings (SSSR count). The molecular formula is C14H15N3O6. The summed E-state index contributed by atoms with van der Waals surface area (Å²) in [6.07, 6.45) is 2.51. The average molecular weight is 321 g/mol. The normalized spacial score (nSPS) is 13.6. The minimum atomic E-state index is -0.715. The van der Waals surface area contributed by atoms with Gasteiger partial charge in [0, 0.05) is 17.7 Å². The molecule has 0 atom stereocenters. The Morgan fingerprint density at radius 2 is 2.00 bits per heavy atom. The Kier molecular flexibility index (Phi) is 5.23. The lowest BCUT2D eigenvalue weighted by Gasteiger charge is -2.22. The van der Waals surface area contributed by atoms with E-state index in [1.807, 2.05) is 0 Å². The minimum absolute atomic E-state index is 0.0194. The molecule has 0 heterocycles. The highest BCUT2D eigenvalue weighted by atomic mass is 16.6. The maximum atomic E-state index is 11.8. The summed E-state index contributed by atoms with van der Waals surface area (Å²) in [4.78, 5) is 44.7. The number of nitro groups is 1. The van der Waals surface area contributed by atoms with Crippen LogP contribution in [0.25, 0.3) is 0 Å². The highest BCUT2D eigenvalue weighted by Gasteiger charge is 2.27. The van der Waals surface area contributed by atoms with Gasteiger partial charge >= 0.3 is 5.97 Å². The van der Waals surface area contributed by atoms with Crippen molar-refractivity contribution in [2.75, 3.05) is 6.61 Å². The largest absolute Gasteiger partial charge is 0.455 e. The van der Waals surface area contributed by atoms with Crippen LogP contribution in [0.2, 0.25) is 0 Å². The van der Waals surface area contributed by atoms with Crippen LogP contribution in [-0.2, 0) is 14.3 Å². The fraction of sp³-hybridized carbons (Fsp3) is 0.357. The molecule has 9 nitrogen and oxygen atoms in total. The van der Waals surface area contributed by atoms with Crippen molar-refractivity contribution in [1.82, 2.24) is 10.9 Å². The smallest absolute Gasteiger partial charge is 0.309 e. The van der Waals surface area contributed by atoms with Crippen molar-refractivity contribution in [3.05, 3.63) is 39.9 Å². The van der Waals surface area contributed by atoms with Gasteiger partial charge in [-0.25, -0.2) is 0 Å². The molecule has 0 radical (unpaired) electrons. The Bertz CT molecular complexity index is 641. The molecular weight excluding hydrogens is 306 g/mol. The second-order valence-electron chi connectivity index (χ2n) is 5.05. The summed E-state index contributed by atoms with van der Waals surface area (Å²) in [5.41, 5.74) is 3.95. The number of benzene rings is 1. The number of nitrogens with one attached hydrogen (secondary N) is 2. The van der Waals surface area contributed by atoms with Gasteiger partial charge in [-0.2, -0.15) is 0 Å². The van der Waals surface area contributed by atoms with E-state index in [1.54, 1.807) is 0 Å². The van der Waals surface area contributed by atoms with Gasteiger partial charge in [-0.3, -0.25) is 35.3 Å². The van der Waals surface area contributed by atoms with Crippen LogP contribution < -0.4 is 10.9 Å². The first-order chi connectivity index (χ1) is 11.0. The summed E-state index contributed by atoms with van der Waals surface area (Å²) in [7, 11) is 0. The summed E-state index contributed by atoms with van der Waals surface area (Å²) < 4.78 is 4.80. The quantitative estimate of drug-likeness (QED) is 0.467. The van der Waals surface area contributed by atoms with Gasteiger partial charge in [-0.1, -0.05) is 12.5 Å². The number of carbonyl (C=O) groups excluding carboxylic acids is 3. The first-order valence-electron chi connectivity index (χ1n) is 6.97. The summed E-state index contributed by atoms with van der Waals surface area (Å²) in [6, 6.07) is 5.05. The number of hydrogen-bond donors (Lipinski definition) is 2. The van der Waals surface area contributed by atoms with Gasteiger partial charge in [0.25, 0.3) is 17.5 Å². The average Bonchev–Trinajstić information content (AvgIpc) is 2.49. The Balaban J connectivity index is 1.77. The second-order valence-corrected chi connectivity index (χ2v) is 5.05. The molecule has 122 valence electrons. The molecule has 1 aromatic carbocycles. The summed E-state index contributed by atoms with van der Waals surface area (Å²) in [6.45, 7) is -0.495. The molecule has 0 aromatic heterocycles. The highest BCUT2D eigenvalue weighted by molar-refractivity contribution is 5.96. The van der Waals surface area contributed by atoms with Gasteiger partial charge in [-0.05, 0) is 18.9 Å².